The lowest BCUT2D eigenvalue weighted by Gasteiger charge is -2.29. The number of hydrogen-bond acceptors (Lipinski definition) is 5. The molecule has 0 atom stereocenters. The number of aromatic hydroxyl groups is 1. The molecule has 1 aliphatic rings. The second kappa shape index (κ2) is 9.21. The number of hydrogen-bond donors (Lipinski definition) is 1. The number of aromatic nitrogens is 2. The van der Waals surface area contributed by atoms with Gasteiger partial charge < -0.3 is 19.3 Å². The topological polar surface area (TPSA) is 84.7 Å². The molecule has 1 N–H and O–H groups in total. The molecule has 0 bridgehead atoms. The minimum Gasteiger partial charge on any atom is -0.507 e. The van der Waals surface area contributed by atoms with Crippen molar-refractivity contribution in [2.75, 3.05) is 13.7 Å². The number of phenolic OH excluding ortho intramolecular Hbond substituents is 1. The summed E-state index contributed by atoms with van der Waals surface area (Å²) < 4.78 is 20.5. The molecule has 8 heteroatoms. The number of amides is 1. The van der Waals surface area contributed by atoms with Crippen LogP contribution < -0.4 is 0 Å². The lowest BCUT2D eigenvalue weighted by molar-refractivity contribution is -0.131. The molecule has 7 nitrogen and oxygen atoms in total. The first kappa shape index (κ1) is 22.6. The highest BCUT2D eigenvalue weighted by atomic mass is 19.1. The largest absolute Gasteiger partial charge is 0.507 e. The molecule has 2 aromatic carbocycles. The van der Waals surface area contributed by atoms with E-state index in [0.29, 0.717) is 31.6 Å². The van der Waals surface area contributed by atoms with E-state index in [-0.39, 0.29) is 29.5 Å². The van der Waals surface area contributed by atoms with E-state index in [1.54, 1.807) is 23.2 Å². The maximum Gasteiger partial charge on any atom is 0.341 e. The standard InChI is InChI=1S/C27H24FN3O4/c1-35-27(34)22-8-7-17(13-24(22)32)14-25(33)30-11-9-20-21-6-3-10-29-26(21)31(23(20)16-30)15-18-4-2-5-19(28)12-18/h2-8,10,12-13,32H,9,11,14-16H2,1H3. The van der Waals surface area contributed by atoms with Crippen LogP contribution >= 0.6 is 0 Å². The summed E-state index contributed by atoms with van der Waals surface area (Å²) >= 11 is 0. The van der Waals surface area contributed by atoms with Gasteiger partial charge in [0.2, 0.25) is 5.91 Å². The fourth-order valence-electron chi connectivity index (χ4n) is 4.72. The summed E-state index contributed by atoms with van der Waals surface area (Å²) in [7, 11) is 1.24. The van der Waals surface area contributed by atoms with Crippen LogP contribution in [-0.2, 0) is 35.5 Å². The lowest BCUT2D eigenvalue weighted by atomic mass is 10.0. The van der Waals surface area contributed by atoms with Crippen molar-refractivity contribution in [2.24, 2.45) is 0 Å². The Morgan fingerprint density at radius 2 is 1.97 bits per heavy atom. The van der Waals surface area contributed by atoms with Crippen LogP contribution in [0.3, 0.4) is 0 Å². The highest BCUT2D eigenvalue weighted by molar-refractivity contribution is 5.92. The maximum absolute atomic E-state index is 13.8. The molecule has 1 amide bonds. The number of benzene rings is 2. The second-order valence-electron chi connectivity index (χ2n) is 8.60. The molecule has 1 aliphatic heterocycles. The van der Waals surface area contributed by atoms with Crippen LogP contribution in [0, 0.1) is 5.82 Å². The number of esters is 1. The van der Waals surface area contributed by atoms with Crippen LogP contribution in [0.25, 0.3) is 11.0 Å². The van der Waals surface area contributed by atoms with Crippen LogP contribution in [0.1, 0.15) is 32.7 Å². The number of methoxy groups -OCH3 is 1. The number of carbonyl (C=O) groups is 2. The number of phenols is 1. The van der Waals surface area contributed by atoms with Crippen molar-refractivity contribution in [2.45, 2.75) is 25.9 Å². The summed E-state index contributed by atoms with van der Waals surface area (Å²) in [4.78, 5) is 31.2. The van der Waals surface area contributed by atoms with Gasteiger partial charge in [0.25, 0.3) is 0 Å². The van der Waals surface area contributed by atoms with Gasteiger partial charge in [-0.05, 0) is 59.5 Å². The van der Waals surface area contributed by atoms with Gasteiger partial charge in [0.15, 0.2) is 0 Å². The molecule has 3 heterocycles. The van der Waals surface area contributed by atoms with Gasteiger partial charge in [0.05, 0.1) is 20.1 Å². The Labute approximate surface area is 201 Å². The molecule has 0 radical (unpaired) electrons. The third-order valence-corrected chi connectivity index (χ3v) is 6.42. The van der Waals surface area contributed by atoms with Gasteiger partial charge in [-0.25, -0.2) is 14.2 Å². The first-order chi connectivity index (χ1) is 16.9. The van der Waals surface area contributed by atoms with E-state index < -0.39 is 5.97 Å². The van der Waals surface area contributed by atoms with Crippen LogP contribution in [0.5, 0.6) is 5.75 Å². The third-order valence-electron chi connectivity index (χ3n) is 6.42. The van der Waals surface area contributed by atoms with Gasteiger partial charge in [-0.15, -0.1) is 0 Å². The summed E-state index contributed by atoms with van der Waals surface area (Å²) in [5.74, 6) is -1.23. The summed E-state index contributed by atoms with van der Waals surface area (Å²) in [6, 6.07) is 14.9. The summed E-state index contributed by atoms with van der Waals surface area (Å²) in [6.45, 7) is 1.42. The van der Waals surface area contributed by atoms with Crippen molar-refractivity contribution >= 4 is 22.9 Å². The SMILES string of the molecule is COC(=O)c1ccc(CC(=O)N2CCc3c(n(Cc4cccc(F)c4)c4ncccc34)C2)cc1O. The number of fused-ring (bicyclic) bond motifs is 3. The van der Waals surface area contributed by atoms with Crippen molar-refractivity contribution in [3.05, 3.63) is 94.6 Å². The number of carbonyl (C=O) groups excluding carboxylic acids is 2. The molecular formula is C27H24FN3O4. The van der Waals surface area contributed by atoms with Crippen molar-refractivity contribution in [3.8, 4) is 5.75 Å². The summed E-state index contributed by atoms with van der Waals surface area (Å²) in [5, 5.41) is 11.2. The first-order valence-corrected chi connectivity index (χ1v) is 11.3. The minimum absolute atomic E-state index is 0.0562. The van der Waals surface area contributed by atoms with Gasteiger partial charge in [-0.2, -0.15) is 0 Å². The molecule has 0 aliphatic carbocycles. The van der Waals surface area contributed by atoms with E-state index in [9.17, 15) is 19.1 Å². The summed E-state index contributed by atoms with van der Waals surface area (Å²) in [6.07, 6.45) is 2.52. The second-order valence-corrected chi connectivity index (χ2v) is 8.60. The first-order valence-electron chi connectivity index (χ1n) is 11.3. The molecular weight excluding hydrogens is 449 g/mol. The Hall–Kier alpha value is -4.20. The van der Waals surface area contributed by atoms with Crippen molar-refractivity contribution in [1.29, 1.82) is 0 Å². The van der Waals surface area contributed by atoms with Gasteiger partial charge in [-0.1, -0.05) is 18.2 Å². The van der Waals surface area contributed by atoms with Crippen LogP contribution in [-0.4, -0.2) is 45.1 Å². The van der Waals surface area contributed by atoms with Crippen molar-refractivity contribution in [3.63, 3.8) is 0 Å². The zero-order valence-corrected chi connectivity index (χ0v) is 19.2. The number of ether oxygens (including phenoxy) is 1. The fraction of sp³-hybridized carbons (Fsp3) is 0.222. The minimum atomic E-state index is -0.635. The van der Waals surface area contributed by atoms with Crippen molar-refractivity contribution in [1.82, 2.24) is 14.5 Å². The average Bonchev–Trinajstić information content (AvgIpc) is 3.16. The number of halogens is 1. The highest BCUT2D eigenvalue weighted by Gasteiger charge is 2.27. The van der Waals surface area contributed by atoms with Crippen LogP contribution in [0.4, 0.5) is 4.39 Å². The van der Waals surface area contributed by atoms with E-state index in [1.165, 1.54) is 31.4 Å². The van der Waals surface area contributed by atoms with E-state index in [1.807, 2.05) is 18.2 Å². The van der Waals surface area contributed by atoms with Crippen LogP contribution in [0.15, 0.2) is 60.8 Å². The van der Waals surface area contributed by atoms with E-state index in [0.717, 1.165) is 27.9 Å². The molecule has 0 unspecified atom stereocenters. The Bertz CT molecular complexity index is 1450. The molecule has 0 fully saturated rings. The van der Waals surface area contributed by atoms with Crippen molar-refractivity contribution < 1.29 is 23.8 Å². The molecule has 5 rings (SSSR count). The molecule has 0 saturated carbocycles. The smallest absolute Gasteiger partial charge is 0.341 e. The average molecular weight is 474 g/mol. The quantitative estimate of drug-likeness (QED) is 0.445. The van der Waals surface area contributed by atoms with E-state index in [4.69, 9.17) is 0 Å². The Morgan fingerprint density at radius 3 is 2.74 bits per heavy atom. The Kier molecular flexibility index (Phi) is 5.94. The predicted molar refractivity (Wildman–Crippen MR) is 128 cm³/mol. The van der Waals surface area contributed by atoms with Gasteiger partial charge in [-0.3, -0.25) is 4.79 Å². The summed E-state index contributed by atoms with van der Waals surface area (Å²) in [5.41, 5.74) is 4.45. The number of rotatable bonds is 5. The van der Waals surface area contributed by atoms with Crippen LogP contribution in [0.2, 0.25) is 0 Å². The molecule has 35 heavy (non-hydrogen) atoms. The highest BCUT2D eigenvalue weighted by Crippen LogP contribution is 2.31. The Balaban J connectivity index is 1.41. The zero-order valence-electron chi connectivity index (χ0n) is 19.2. The fourth-order valence-corrected chi connectivity index (χ4v) is 4.72. The maximum atomic E-state index is 13.8. The predicted octanol–water partition coefficient (Wildman–Crippen LogP) is 3.84. The molecule has 178 valence electrons. The van der Waals surface area contributed by atoms with Gasteiger partial charge in [0, 0.05) is 30.4 Å². The molecule has 0 spiro atoms. The lowest BCUT2D eigenvalue weighted by Crippen LogP contribution is -2.37. The van der Waals surface area contributed by atoms with Gasteiger partial charge >= 0.3 is 5.97 Å². The van der Waals surface area contributed by atoms with E-state index >= 15 is 0 Å². The molecule has 2 aromatic heterocycles. The van der Waals surface area contributed by atoms with E-state index in [2.05, 4.69) is 14.3 Å². The number of pyridine rings is 1. The zero-order chi connectivity index (χ0) is 24.5. The molecule has 4 aromatic rings. The monoisotopic (exact) mass is 473 g/mol. The molecule has 0 saturated heterocycles. The van der Waals surface area contributed by atoms with Gasteiger partial charge in [0.1, 0.15) is 22.8 Å². The normalized spacial score (nSPS) is 13.0. The third kappa shape index (κ3) is 4.35. The number of nitrogens with zero attached hydrogens (tertiary/aromatic N) is 3. The Morgan fingerprint density at radius 1 is 1.11 bits per heavy atom.